The first kappa shape index (κ1) is 19.1. The average Bonchev–Trinajstić information content (AvgIpc) is 2.69. The number of amides is 2. The summed E-state index contributed by atoms with van der Waals surface area (Å²) in [5.41, 5.74) is 3.15. The van der Waals surface area contributed by atoms with Crippen LogP contribution in [0.3, 0.4) is 0 Å². The number of para-hydroxylation sites is 1. The summed E-state index contributed by atoms with van der Waals surface area (Å²) in [6, 6.07) is 19.9. The van der Waals surface area contributed by atoms with Gasteiger partial charge in [0, 0.05) is 11.4 Å². The smallest absolute Gasteiger partial charge is 0.257 e. The van der Waals surface area contributed by atoms with Gasteiger partial charge in [-0.2, -0.15) is 0 Å². The lowest BCUT2D eigenvalue weighted by Gasteiger charge is -2.12. The van der Waals surface area contributed by atoms with Crippen molar-refractivity contribution in [1.29, 1.82) is 0 Å². The van der Waals surface area contributed by atoms with Crippen molar-refractivity contribution in [3.05, 3.63) is 89.7 Å². The zero-order valence-corrected chi connectivity index (χ0v) is 15.3. The van der Waals surface area contributed by atoms with Crippen molar-refractivity contribution in [3.8, 4) is 0 Å². The van der Waals surface area contributed by atoms with E-state index in [0.717, 1.165) is 11.3 Å². The Morgan fingerprint density at radius 3 is 2.18 bits per heavy atom. The molecule has 3 rings (SSSR count). The third kappa shape index (κ3) is 5.17. The topological polar surface area (TPSA) is 70.2 Å². The molecule has 2 amide bonds. The molecule has 0 aliphatic heterocycles. The van der Waals surface area contributed by atoms with Gasteiger partial charge in [-0.05, 0) is 55.5 Å². The number of rotatable bonds is 6. The van der Waals surface area contributed by atoms with E-state index in [4.69, 9.17) is 0 Å². The van der Waals surface area contributed by atoms with E-state index < -0.39 is 5.91 Å². The number of aryl methyl sites for hydroxylation is 1. The fourth-order valence-corrected chi connectivity index (χ4v) is 2.57. The van der Waals surface area contributed by atoms with Crippen molar-refractivity contribution < 1.29 is 14.0 Å². The summed E-state index contributed by atoms with van der Waals surface area (Å²) >= 11 is 0. The van der Waals surface area contributed by atoms with Crippen molar-refractivity contribution >= 4 is 28.9 Å². The van der Waals surface area contributed by atoms with Crippen molar-refractivity contribution in [2.24, 2.45) is 0 Å². The highest BCUT2D eigenvalue weighted by Crippen LogP contribution is 2.18. The van der Waals surface area contributed by atoms with Crippen LogP contribution in [0.2, 0.25) is 0 Å². The van der Waals surface area contributed by atoms with E-state index in [1.54, 1.807) is 24.3 Å². The van der Waals surface area contributed by atoms with Crippen LogP contribution in [0, 0.1) is 12.7 Å². The molecule has 3 aromatic rings. The molecular formula is C22H20FN3O2. The third-order valence-electron chi connectivity index (χ3n) is 4.05. The Morgan fingerprint density at radius 1 is 0.821 bits per heavy atom. The Labute approximate surface area is 162 Å². The molecule has 0 saturated carbocycles. The van der Waals surface area contributed by atoms with E-state index in [-0.39, 0.29) is 18.3 Å². The van der Waals surface area contributed by atoms with Gasteiger partial charge in [-0.25, -0.2) is 4.39 Å². The summed E-state index contributed by atoms with van der Waals surface area (Å²) in [7, 11) is 0. The maximum atomic E-state index is 13.0. The average molecular weight is 377 g/mol. The van der Waals surface area contributed by atoms with Crippen LogP contribution in [-0.2, 0) is 4.79 Å². The summed E-state index contributed by atoms with van der Waals surface area (Å²) in [6.45, 7) is 2.06. The molecule has 6 heteroatoms. The molecule has 0 aromatic heterocycles. The molecule has 0 heterocycles. The zero-order valence-electron chi connectivity index (χ0n) is 15.3. The van der Waals surface area contributed by atoms with Crippen molar-refractivity contribution in [3.63, 3.8) is 0 Å². The molecule has 0 aliphatic rings. The minimum absolute atomic E-state index is 0.0664. The number of halogens is 1. The van der Waals surface area contributed by atoms with Crippen LogP contribution in [0.25, 0.3) is 0 Å². The van der Waals surface area contributed by atoms with E-state index in [1.807, 2.05) is 31.2 Å². The van der Waals surface area contributed by atoms with Gasteiger partial charge >= 0.3 is 0 Å². The van der Waals surface area contributed by atoms with E-state index >= 15 is 0 Å². The van der Waals surface area contributed by atoms with E-state index in [9.17, 15) is 14.0 Å². The van der Waals surface area contributed by atoms with Crippen LogP contribution >= 0.6 is 0 Å². The zero-order chi connectivity index (χ0) is 19.9. The van der Waals surface area contributed by atoms with E-state index in [0.29, 0.717) is 16.9 Å². The Bertz CT molecular complexity index is 970. The van der Waals surface area contributed by atoms with Gasteiger partial charge in [-0.15, -0.1) is 0 Å². The second-order valence-electron chi connectivity index (χ2n) is 6.27. The van der Waals surface area contributed by atoms with Gasteiger partial charge in [0.2, 0.25) is 5.91 Å². The van der Waals surface area contributed by atoms with Gasteiger partial charge in [-0.3, -0.25) is 9.59 Å². The monoisotopic (exact) mass is 377 g/mol. The molecule has 142 valence electrons. The molecule has 28 heavy (non-hydrogen) atoms. The van der Waals surface area contributed by atoms with Crippen LogP contribution in [0.15, 0.2) is 72.8 Å². The summed E-state index contributed by atoms with van der Waals surface area (Å²) in [5.74, 6) is -1.05. The first-order valence-electron chi connectivity index (χ1n) is 8.77. The van der Waals surface area contributed by atoms with Gasteiger partial charge in [-0.1, -0.05) is 29.8 Å². The molecule has 0 bridgehead atoms. The Balaban J connectivity index is 1.64. The number of hydrogen-bond donors (Lipinski definition) is 3. The van der Waals surface area contributed by atoms with Crippen molar-refractivity contribution in [1.82, 2.24) is 0 Å². The Morgan fingerprint density at radius 2 is 1.46 bits per heavy atom. The minimum atomic E-state index is -0.394. The van der Waals surface area contributed by atoms with Crippen molar-refractivity contribution in [2.45, 2.75) is 6.92 Å². The molecule has 0 fully saturated rings. The van der Waals surface area contributed by atoms with Gasteiger partial charge in [0.25, 0.3) is 5.91 Å². The van der Waals surface area contributed by atoms with E-state index in [1.165, 1.54) is 24.3 Å². The summed E-state index contributed by atoms with van der Waals surface area (Å²) in [5, 5.41) is 8.47. The van der Waals surface area contributed by atoms with Crippen LogP contribution in [0.5, 0.6) is 0 Å². The van der Waals surface area contributed by atoms with Crippen LogP contribution in [0.1, 0.15) is 15.9 Å². The molecule has 0 unspecified atom stereocenters. The first-order valence-corrected chi connectivity index (χ1v) is 8.77. The van der Waals surface area contributed by atoms with Crippen molar-refractivity contribution in [2.75, 3.05) is 22.5 Å². The van der Waals surface area contributed by atoms with Crippen LogP contribution < -0.4 is 16.0 Å². The van der Waals surface area contributed by atoms with E-state index in [2.05, 4.69) is 16.0 Å². The predicted molar refractivity (Wildman–Crippen MR) is 109 cm³/mol. The fraction of sp³-hybridized carbons (Fsp3) is 0.0909. The normalized spacial score (nSPS) is 10.2. The largest absolute Gasteiger partial charge is 0.376 e. The number of anilines is 3. The summed E-state index contributed by atoms with van der Waals surface area (Å²) < 4.78 is 13.0. The summed E-state index contributed by atoms with van der Waals surface area (Å²) in [6.07, 6.45) is 0. The quantitative estimate of drug-likeness (QED) is 0.595. The van der Waals surface area contributed by atoms with Gasteiger partial charge in [0.15, 0.2) is 0 Å². The fourth-order valence-electron chi connectivity index (χ4n) is 2.57. The number of benzene rings is 3. The maximum Gasteiger partial charge on any atom is 0.257 e. The highest BCUT2D eigenvalue weighted by molar-refractivity contribution is 6.10. The lowest BCUT2D eigenvalue weighted by molar-refractivity contribution is -0.114. The Kier molecular flexibility index (Phi) is 6.01. The standard InChI is InChI=1S/C22H20FN3O2/c1-15-6-10-17(11-7-15)24-14-21(27)26-20-5-3-2-4-19(20)22(28)25-18-12-8-16(23)9-13-18/h2-13,24H,14H2,1H3,(H,25,28)(H,26,27). The molecule has 3 N–H and O–H groups in total. The lowest BCUT2D eigenvalue weighted by Crippen LogP contribution is -2.23. The second-order valence-corrected chi connectivity index (χ2v) is 6.27. The minimum Gasteiger partial charge on any atom is -0.376 e. The predicted octanol–water partition coefficient (Wildman–Crippen LogP) is 4.44. The second kappa shape index (κ2) is 8.81. The molecule has 3 aromatic carbocycles. The summed E-state index contributed by atoms with van der Waals surface area (Å²) in [4.78, 5) is 24.8. The molecule has 5 nitrogen and oxygen atoms in total. The molecule has 0 radical (unpaired) electrons. The SMILES string of the molecule is Cc1ccc(NCC(=O)Nc2ccccc2C(=O)Nc2ccc(F)cc2)cc1. The maximum absolute atomic E-state index is 13.0. The third-order valence-corrected chi connectivity index (χ3v) is 4.05. The number of nitrogens with one attached hydrogen (secondary N) is 3. The molecule has 0 atom stereocenters. The molecule has 0 spiro atoms. The van der Waals surface area contributed by atoms with Gasteiger partial charge in [0.05, 0.1) is 17.8 Å². The molecular weight excluding hydrogens is 357 g/mol. The Hall–Kier alpha value is -3.67. The highest BCUT2D eigenvalue weighted by atomic mass is 19.1. The first-order chi connectivity index (χ1) is 13.5. The van der Waals surface area contributed by atoms with Crippen LogP contribution in [0.4, 0.5) is 21.5 Å². The highest BCUT2D eigenvalue weighted by Gasteiger charge is 2.13. The number of carbonyl (C=O) groups excluding carboxylic acids is 2. The number of hydrogen-bond acceptors (Lipinski definition) is 3. The van der Waals surface area contributed by atoms with Gasteiger partial charge < -0.3 is 16.0 Å². The molecule has 0 aliphatic carbocycles. The molecule has 0 saturated heterocycles. The van der Waals surface area contributed by atoms with Gasteiger partial charge in [0.1, 0.15) is 5.82 Å². The lowest BCUT2D eigenvalue weighted by atomic mass is 10.1. The number of carbonyl (C=O) groups is 2. The van der Waals surface area contributed by atoms with Crippen LogP contribution in [-0.4, -0.2) is 18.4 Å².